The van der Waals surface area contributed by atoms with Crippen LogP contribution in [-0.4, -0.2) is 42.8 Å². The van der Waals surface area contributed by atoms with Gasteiger partial charge in [-0.25, -0.2) is 0 Å². The Labute approximate surface area is 125 Å². The van der Waals surface area contributed by atoms with Crippen LogP contribution in [0.2, 0.25) is 0 Å². The Hall–Kier alpha value is -0.120. The highest BCUT2D eigenvalue weighted by Crippen LogP contribution is 2.43. The maximum Gasteiger partial charge on any atom is 0.0674 e. The van der Waals surface area contributed by atoms with Crippen molar-refractivity contribution in [3.63, 3.8) is 0 Å². The van der Waals surface area contributed by atoms with Crippen LogP contribution in [-0.2, 0) is 4.74 Å². The van der Waals surface area contributed by atoms with E-state index in [9.17, 15) is 0 Å². The molecule has 3 heteroatoms. The third-order valence-corrected chi connectivity index (χ3v) is 5.64. The Morgan fingerprint density at radius 2 is 1.90 bits per heavy atom. The lowest BCUT2D eigenvalue weighted by Gasteiger charge is -2.49. The molecule has 1 aliphatic heterocycles. The van der Waals surface area contributed by atoms with Gasteiger partial charge in [-0.05, 0) is 50.4 Å². The Morgan fingerprint density at radius 1 is 1.25 bits per heavy atom. The van der Waals surface area contributed by atoms with Crippen molar-refractivity contribution in [3.05, 3.63) is 0 Å². The molecule has 2 rings (SSSR count). The van der Waals surface area contributed by atoms with Crippen molar-refractivity contribution in [2.24, 2.45) is 17.1 Å². The summed E-state index contributed by atoms with van der Waals surface area (Å²) in [6, 6.07) is 0. The smallest absolute Gasteiger partial charge is 0.0674 e. The van der Waals surface area contributed by atoms with E-state index in [2.05, 4.69) is 32.6 Å². The number of ether oxygens (including phenoxy) is 1. The molecule has 0 amide bonds. The molecule has 1 atom stereocenters. The minimum Gasteiger partial charge on any atom is -0.377 e. The van der Waals surface area contributed by atoms with E-state index in [0.717, 1.165) is 38.6 Å². The number of nitrogens with zero attached hydrogens (tertiary/aromatic N) is 1. The summed E-state index contributed by atoms with van der Waals surface area (Å²) in [7, 11) is 0. The van der Waals surface area contributed by atoms with Gasteiger partial charge >= 0.3 is 0 Å². The summed E-state index contributed by atoms with van der Waals surface area (Å²) in [6.07, 6.45) is 6.67. The van der Waals surface area contributed by atoms with E-state index in [0.29, 0.717) is 11.5 Å². The number of nitrogens with two attached hydrogens (primary N) is 1. The zero-order chi connectivity index (χ0) is 14.8. The second-order valence-corrected chi connectivity index (χ2v) is 8.05. The number of rotatable bonds is 2. The van der Waals surface area contributed by atoms with Gasteiger partial charge in [0.25, 0.3) is 0 Å². The molecule has 1 saturated carbocycles. The van der Waals surface area contributed by atoms with Gasteiger partial charge in [0.05, 0.1) is 6.10 Å². The lowest BCUT2D eigenvalue weighted by molar-refractivity contribution is 0.00151. The standard InChI is InChI=1S/C17H34N2O/c1-14-12-19(10-5-11-20-14)17(13-18)8-6-15(7-9-17)16(2,3)4/h14-15H,5-13,18H2,1-4H3. The van der Waals surface area contributed by atoms with Crippen LogP contribution in [0, 0.1) is 11.3 Å². The summed E-state index contributed by atoms with van der Waals surface area (Å²) in [5, 5.41) is 0. The van der Waals surface area contributed by atoms with Gasteiger partial charge in [0, 0.05) is 31.8 Å². The summed E-state index contributed by atoms with van der Waals surface area (Å²) < 4.78 is 5.81. The molecule has 0 spiro atoms. The van der Waals surface area contributed by atoms with Crippen molar-refractivity contribution in [2.75, 3.05) is 26.2 Å². The van der Waals surface area contributed by atoms with Crippen LogP contribution in [0.25, 0.3) is 0 Å². The van der Waals surface area contributed by atoms with Gasteiger partial charge in [-0.2, -0.15) is 0 Å². The first kappa shape index (κ1) is 16.3. The third-order valence-electron chi connectivity index (χ3n) is 5.64. The molecule has 0 radical (unpaired) electrons. The minimum absolute atomic E-state index is 0.240. The molecule has 1 saturated heterocycles. The molecule has 2 fully saturated rings. The monoisotopic (exact) mass is 282 g/mol. The fraction of sp³-hybridized carbons (Fsp3) is 1.00. The summed E-state index contributed by atoms with van der Waals surface area (Å²) in [5.74, 6) is 0.850. The van der Waals surface area contributed by atoms with Crippen LogP contribution in [0.3, 0.4) is 0 Å². The van der Waals surface area contributed by atoms with Crippen molar-refractivity contribution in [3.8, 4) is 0 Å². The molecular weight excluding hydrogens is 248 g/mol. The first-order valence-corrected chi connectivity index (χ1v) is 8.44. The summed E-state index contributed by atoms with van der Waals surface area (Å²) in [4.78, 5) is 2.66. The summed E-state index contributed by atoms with van der Waals surface area (Å²) in [6.45, 7) is 13.3. The van der Waals surface area contributed by atoms with Crippen molar-refractivity contribution < 1.29 is 4.74 Å². The maximum absolute atomic E-state index is 6.24. The second-order valence-electron chi connectivity index (χ2n) is 8.05. The summed E-state index contributed by atoms with van der Waals surface area (Å²) in [5.41, 5.74) is 6.92. The molecular formula is C17H34N2O. The molecule has 0 aromatic heterocycles. The topological polar surface area (TPSA) is 38.5 Å². The van der Waals surface area contributed by atoms with Gasteiger partial charge in [-0.1, -0.05) is 20.8 Å². The Kier molecular flexibility index (Phi) is 5.14. The quantitative estimate of drug-likeness (QED) is 0.846. The fourth-order valence-corrected chi connectivity index (χ4v) is 4.10. The highest BCUT2D eigenvalue weighted by molar-refractivity contribution is 4.98. The van der Waals surface area contributed by atoms with Gasteiger partial charge in [0.2, 0.25) is 0 Å². The molecule has 2 aliphatic rings. The predicted molar refractivity (Wildman–Crippen MR) is 84.8 cm³/mol. The zero-order valence-corrected chi connectivity index (χ0v) is 14.0. The Balaban J connectivity index is 2.04. The van der Waals surface area contributed by atoms with Crippen LogP contribution < -0.4 is 5.73 Å². The van der Waals surface area contributed by atoms with Crippen LogP contribution >= 0.6 is 0 Å². The molecule has 1 heterocycles. The first-order chi connectivity index (χ1) is 9.37. The average molecular weight is 282 g/mol. The lowest BCUT2D eigenvalue weighted by Crippen LogP contribution is -2.57. The maximum atomic E-state index is 6.24. The fourth-order valence-electron chi connectivity index (χ4n) is 4.10. The molecule has 0 aromatic rings. The number of hydrogen-bond acceptors (Lipinski definition) is 3. The van der Waals surface area contributed by atoms with Crippen LogP contribution in [0.4, 0.5) is 0 Å². The zero-order valence-electron chi connectivity index (χ0n) is 14.0. The highest BCUT2D eigenvalue weighted by Gasteiger charge is 2.42. The largest absolute Gasteiger partial charge is 0.377 e. The Bertz CT molecular complexity index is 303. The molecule has 2 N–H and O–H groups in total. The molecule has 1 unspecified atom stereocenters. The molecule has 118 valence electrons. The van der Waals surface area contributed by atoms with E-state index in [4.69, 9.17) is 10.5 Å². The van der Waals surface area contributed by atoms with E-state index in [1.54, 1.807) is 0 Å². The molecule has 0 bridgehead atoms. The van der Waals surface area contributed by atoms with E-state index in [1.165, 1.54) is 25.7 Å². The number of hydrogen-bond donors (Lipinski definition) is 1. The lowest BCUT2D eigenvalue weighted by atomic mass is 9.66. The van der Waals surface area contributed by atoms with Crippen molar-refractivity contribution in [1.82, 2.24) is 4.90 Å². The molecule has 0 aromatic carbocycles. The SMILES string of the molecule is CC1CN(C2(CN)CCC(C(C)(C)C)CC2)CCCO1. The predicted octanol–water partition coefficient (Wildman–Crippen LogP) is 3.03. The van der Waals surface area contributed by atoms with Crippen molar-refractivity contribution >= 4 is 0 Å². The van der Waals surface area contributed by atoms with Crippen LogP contribution in [0.5, 0.6) is 0 Å². The van der Waals surface area contributed by atoms with E-state index >= 15 is 0 Å². The van der Waals surface area contributed by atoms with Crippen molar-refractivity contribution in [2.45, 2.75) is 71.4 Å². The molecule has 3 nitrogen and oxygen atoms in total. The van der Waals surface area contributed by atoms with Gasteiger partial charge in [0.15, 0.2) is 0 Å². The van der Waals surface area contributed by atoms with E-state index < -0.39 is 0 Å². The summed E-state index contributed by atoms with van der Waals surface area (Å²) >= 11 is 0. The van der Waals surface area contributed by atoms with Crippen molar-refractivity contribution in [1.29, 1.82) is 0 Å². The van der Waals surface area contributed by atoms with E-state index in [1.807, 2.05) is 0 Å². The highest BCUT2D eigenvalue weighted by atomic mass is 16.5. The minimum atomic E-state index is 0.240. The van der Waals surface area contributed by atoms with Crippen LogP contribution in [0.15, 0.2) is 0 Å². The van der Waals surface area contributed by atoms with Crippen LogP contribution in [0.1, 0.15) is 59.8 Å². The van der Waals surface area contributed by atoms with E-state index in [-0.39, 0.29) is 5.54 Å². The molecule has 1 aliphatic carbocycles. The third kappa shape index (κ3) is 3.55. The first-order valence-electron chi connectivity index (χ1n) is 8.44. The second kappa shape index (κ2) is 6.33. The normalized spacial score (nSPS) is 37.6. The average Bonchev–Trinajstić information content (AvgIpc) is 2.63. The Morgan fingerprint density at radius 3 is 2.45 bits per heavy atom. The molecule has 20 heavy (non-hydrogen) atoms. The van der Waals surface area contributed by atoms with Gasteiger partial charge < -0.3 is 10.5 Å². The van der Waals surface area contributed by atoms with Gasteiger partial charge in [-0.15, -0.1) is 0 Å². The van der Waals surface area contributed by atoms with Gasteiger partial charge in [-0.3, -0.25) is 4.90 Å². The van der Waals surface area contributed by atoms with Gasteiger partial charge in [0.1, 0.15) is 0 Å².